The second-order valence-corrected chi connectivity index (χ2v) is 20.9. The van der Waals surface area contributed by atoms with E-state index in [4.69, 9.17) is 0 Å². The molecule has 4 aromatic rings. The summed E-state index contributed by atoms with van der Waals surface area (Å²) in [7, 11) is 9.03. The van der Waals surface area contributed by atoms with Crippen molar-refractivity contribution in [3.63, 3.8) is 0 Å². The van der Waals surface area contributed by atoms with Crippen LogP contribution in [0.1, 0.15) is 146 Å². The van der Waals surface area contributed by atoms with E-state index in [2.05, 4.69) is 210 Å². The summed E-state index contributed by atoms with van der Waals surface area (Å²) in [5, 5.41) is 11.8. The highest BCUT2D eigenvalue weighted by atomic mass is 16.3. The lowest BCUT2D eigenvalue weighted by atomic mass is 9.64. The predicted molar refractivity (Wildman–Crippen MR) is 243 cm³/mol. The molecule has 0 saturated carbocycles. The van der Waals surface area contributed by atoms with Crippen LogP contribution >= 0.6 is 0 Å². The average Bonchev–Trinajstić information content (AvgIpc) is 3.17. The lowest BCUT2D eigenvalue weighted by Gasteiger charge is -2.53. The van der Waals surface area contributed by atoms with Gasteiger partial charge in [-0.05, 0) is 131 Å². The van der Waals surface area contributed by atoms with Gasteiger partial charge in [-0.3, -0.25) is 0 Å². The van der Waals surface area contributed by atoms with E-state index >= 15 is 0 Å². The molecule has 0 aliphatic carbocycles. The fourth-order valence-corrected chi connectivity index (χ4v) is 11.6. The third-order valence-electron chi connectivity index (χ3n) is 17.8. The first-order valence-electron chi connectivity index (χ1n) is 21.7. The van der Waals surface area contributed by atoms with Crippen molar-refractivity contribution in [2.24, 2.45) is 23.7 Å². The maximum absolute atomic E-state index is 11.8. The van der Waals surface area contributed by atoms with E-state index in [1.165, 1.54) is 50.4 Å². The summed E-state index contributed by atoms with van der Waals surface area (Å²) >= 11 is 0. The van der Waals surface area contributed by atoms with E-state index in [1.807, 2.05) is 0 Å². The molecular weight excluding hydrogens is 697 g/mol. The molecule has 0 saturated heterocycles. The van der Waals surface area contributed by atoms with Crippen LogP contribution in [0.2, 0.25) is 0 Å². The molecule has 5 heteroatoms. The first-order valence-corrected chi connectivity index (χ1v) is 21.7. The van der Waals surface area contributed by atoms with Crippen molar-refractivity contribution in [2.45, 2.75) is 129 Å². The van der Waals surface area contributed by atoms with Crippen molar-refractivity contribution < 1.29 is 5.11 Å². The van der Waals surface area contributed by atoms with Crippen LogP contribution in [-0.2, 0) is 0 Å². The maximum Gasteiger partial charge on any atom is 0.0857 e. The molecule has 8 atom stereocenters. The Morgan fingerprint density at radius 2 is 0.684 bits per heavy atom. The van der Waals surface area contributed by atoms with Gasteiger partial charge in [-0.25, -0.2) is 0 Å². The molecule has 1 N–H and O–H groups in total. The molecule has 0 radical (unpaired) electrons. The van der Waals surface area contributed by atoms with Crippen LogP contribution in [0.25, 0.3) is 0 Å². The summed E-state index contributed by atoms with van der Waals surface area (Å²) in [5.41, 5.74) is 14.3. The van der Waals surface area contributed by atoms with Crippen molar-refractivity contribution in [1.29, 1.82) is 0 Å². The minimum atomic E-state index is -0.510. The second-order valence-electron chi connectivity index (χ2n) is 20.9. The summed E-state index contributed by atoms with van der Waals surface area (Å²) in [6, 6.07) is 31.0. The number of hydrogen-bond donors (Lipinski definition) is 1. The minimum Gasteiger partial charge on any atom is -0.388 e. The van der Waals surface area contributed by atoms with Crippen LogP contribution in [0.4, 0.5) is 22.7 Å². The molecule has 5 nitrogen and oxygen atoms in total. The highest BCUT2D eigenvalue weighted by Crippen LogP contribution is 2.56. The Hall–Kier alpha value is -3.96. The topological polar surface area (TPSA) is 33.2 Å². The molecule has 0 spiro atoms. The number of rotatable bonds is 3. The van der Waals surface area contributed by atoms with Crippen LogP contribution in [0.15, 0.2) is 78.9 Å². The molecule has 304 valence electrons. The third kappa shape index (κ3) is 5.49. The van der Waals surface area contributed by atoms with Gasteiger partial charge in [0.2, 0.25) is 0 Å². The Balaban J connectivity index is 1.30. The minimum absolute atomic E-state index is 0.000785. The third-order valence-corrected chi connectivity index (χ3v) is 17.8. The van der Waals surface area contributed by atoms with Gasteiger partial charge in [-0.1, -0.05) is 82.3 Å². The molecule has 4 heterocycles. The van der Waals surface area contributed by atoms with Gasteiger partial charge in [-0.15, -0.1) is 0 Å². The Kier molecular flexibility index (Phi) is 9.10. The largest absolute Gasteiger partial charge is 0.388 e. The van der Waals surface area contributed by atoms with Gasteiger partial charge < -0.3 is 24.7 Å². The Morgan fingerprint density at radius 1 is 0.386 bits per heavy atom. The van der Waals surface area contributed by atoms with Gasteiger partial charge in [0.1, 0.15) is 0 Å². The van der Waals surface area contributed by atoms with Crippen molar-refractivity contribution >= 4 is 22.7 Å². The molecule has 57 heavy (non-hydrogen) atoms. The van der Waals surface area contributed by atoms with Crippen LogP contribution in [-0.4, -0.2) is 55.5 Å². The molecule has 0 fully saturated rings. The van der Waals surface area contributed by atoms with Crippen LogP contribution < -0.4 is 19.6 Å². The van der Waals surface area contributed by atoms with Crippen LogP contribution in [0.3, 0.4) is 0 Å². The van der Waals surface area contributed by atoms with Crippen molar-refractivity contribution in [2.75, 3.05) is 47.8 Å². The smallest absolute Gasteiger partial charge is 0.0857 e. The standard InChI is InChI=1S/C52H70N4O/c1-30-45(37-19-17-18-20-41(37)53(13)49(30,5)6)34-21-24-42-38(27-34)46(31(2)50(7,8)54(42)14)35-22-25-43-39(28-35)47(32(3)51(9,10)55(43)15)36-23-26-44-40(29-36)48(57)33(4)52(11,12)56(44)16/h17-33,45-48,57H,1-16H3. The lowest BCUT2D eigenvalue weighted by Crippen LogP contribution is -2.53. The van der Waals surface area contributed by atoms with E-state index in [1.54, 1.807) is 0 Å². The van der Waals surface area contributed by atoms with E-state index in [-0.39, 0.29) is 39.9 Å². The van der Waals surface area contributed by atoms with E-state index in [9.17, 15) is 5.11 Å². The quantitative estimate of drug-likeness (QED) is 0.225. The van der Waals surface area contributed by atoms with Gasteiger partial charge in [0, 0.05) is 102 Å². The number of benzene rings is 4. The first-order chi connectivity index (χ1) is 26.6. The zero-order valence-corrected chi connectivity index (χ0v) is 37.9. The van der Waals surface area contributed by atoms with Crippen LogP contribution in [0, 0.1) is 23.7 Å². The van der Waals surface area contributed by atoms with Crippen molar-refractivity contribution in [3.8, 4) is 0 Å². The van der Waals surface area contributed by atoms with E-state index in [0.29, 0.717) is 23.7 Å². The molecular formula is C52H70N4O. The molecule has 4 aliphatic heterocycles. The van der Waals surface area contributed by atoms with Gasteiger partial charge >= 0.3 is 0 Å². The normalized spacial score (nSPS) is 30.6. The number of nitrogens with zero attached hydrogens (tertiary/aromatic N) is 4. The Bertz CT molecular complexity index is 2220. The number of hydrogen-bond acceptors (Lipinski definition) is 5. The fourth-order valence-electron chi connectivity index (χ4n) is 11.6. The monoisotopic (exact) mass is 767 g/mol. The number of para-hydroxylation sites is 1. The SMILES string of the molecule is CC1C(O)c2cc(C3c4cc(C5c6cc(C7c8ccccc8N(C)C(C)(C)C7C)ccc6N(C)C(C)(C)C5C)ccc4N(C)C(C)(C)C3C)ccc2N(C)C1(C)C. The molecule has 0 amide bonds. The average molecular weight is 767 g/mol. The zero-order chi connectivity index (χ0) is 41.5. The number of aliphatic hydroxyl groups excluding tert-OH is 1. The summed E-state index contributed by atoms with van der Waals surface area (Å²) < 4.78 is 0. The Morgan fingerprint density at radius 3 is 1.09 bits per heavy atom. The van der Waals surface area contributed by atoms with Gasteiger partial charge in [0.15, 0.2) is 0 Å². The van der Waals surface area contributed by atoms with Gasteiger partial charge in [-0.2, -0.15) is 0 Å². The van der Waals surface area contributed by atoms with E-state index in [0.717, 1.165) is 11.3 Å². The molecule has 4 aliphatic rings. The zero-order valence-electron chi connectivity index (χ0n) is 37.9. The lowest BCUT2D eigenvalue weighted by molar-refractivity contribution is 0.0689. The first kappa shape index (κ1) is 39.8. The maximum atomic E-state index is 11.8. The Labute approximate surface area is 345 Å². The summed E-state index contributed by atoms with van der Waals surface area (Å²) in [4.78, 5) is 9.93. The highest BCUT2D eigenvalue weighted by Gasteiger charge is 2.49. The number of fused-ring (bicyclic) bond motifs is 4. The molecule has 0 bridgehead atoms. The molecule has 0 aromatic heterocycles. The van der Waals surface area contributed by atoms with Crippen molar-refractivity contribution in [1.82, 2.24) is 0 Å². The highest BCUT2D eigenvalue weighted by molar-refractivity contribution is 5.70. The summed E-state index contributed by atoms with van der Waals surface area (Å²) in [6.07, 6.45) is -0.510. The van der Waals surface area contributed by atoms with E-state index < -0.39 is 6.10 Å². The summed E-state index contributed by atoms with van der Waals surface area (Å²) in [5.74, 6) is 1.90. The van der Waals surface area contributed by atoms with Gasteiger partial charge in [0.25, 0.3) is 0 Å². The predicted octanol–water partition coefficient (Wildman–Crippen LogP) is 11.6. The summed E-state index contributed by atoms with van der Waals surface area (Å²) in [6.45, 7) is 28.5. The molecule has 4 aromatic carbocycles. The number of aliphatic hydroxyl groups is 1. The second kappa shape index (κ2) is 13.0. The van der Waals surface area contributed by atoms with Crippen LogP contribution in [0.5, 0.6) is 0 Å². The fraction of sp³-hybridized carbons (Fsp3) is 0.538. The van der Waals surface area contributed by atoms with Gasteiger partial charge in [0.05, 0.1) is 6.10 Å². The van der Waals surface area contributed by atoms with Crippen molar-refractivity contribution in [3.05, 3.63) is 118 Å². The number of anilines is 4. The molecule has 8 unspecified atom stereocenters. The molecule has 8 rings (SSSR count).